The number of oxime groups is 1. The van der Waals surface area contributed by atoms with Crippen LogP contribution >= 0.6 is 0 Å². The highest BCUT2D eigenvalue weighted by molar-refractivity contribution is 6.01. The molecule has 2 heterocycles. The van der Waals surface area contributed by atoms with Gasteiger partial charge < -0.3 is 15.3 Å². The Hall–Kier alpha value is -2.68. The molecule has 2 N–H and O–H groups in total. The zero-order valence-corrected chi connectivity index (χ0v) is 11.6. The van der Waals surface area contributed by atoms with Gasteiger partial charge in [0, 0.05) is 18.1 Å². The Morgan fingerprint density at radius 3 is 2.35 bits per heavy atom. The van der Waals surface area contributed by atoms with Crippen LogP contribution in [0.1, 0.15) is 12.0 Å². The fourth-order valence-electron chi connectivity index (χ4n) is 1.97. The summed E-state index contributed by atoms with van der Waals surface area (Å²) in [5.41, 5.74) is 1.10. The molecule has 9 heteroatoms. The molecule has 1 aromatic carbocycles. The van der Waals surface area contributed by atoms with Crippen molar-refractivity contribution in [2.75, 3.05) is 5.32 Å². The standard InChI is InChI=1S/C14H11F3N4O2/c15-14(16,17)13(22)8-11(21-23-13)9-2-4-10(5-3-9)20-12-18-6-1-7-19-12/h1-7,22H,8H2,(H,18,19,20). The lowest BCUT2D eigenvalue weighted by molar-refractivity contribution is -0.355. The Morgan fingerprint density at radius 2 is 1.78 bits per heavy atom. The molecule has 2 aromatic rings. The van der Waals surface area contributed by atoms with Crippen LogP contribution in [0.3, 0.4) is 0 Å². The van der Waals surface area contributed by atoms with Crippen molar-refractivity contribution >= 4 is 17.3 Å². The Bertz CT molecular complexity index is 719. The van der Waals surface area contributed by atoms with Crippen LogP contribution in [0, 0.1) is 0 Å². The Morgan fingerprint density at radius 1 is 1.13 bits per heavy atom. The van der Waals surface area contributed by atoms with Crippen LogP contribution < -0.4 is 5.32 Å². The zero-order valence-electron chi connectivity index (χ0n) is 11.6. The van der Waals surface area contributed by atoms with E-state index in [0.29, 0.717) is 17.2 Å². The molecule has 0 radical (unpaired) electrons. The molecule has 1 atom stereocenters. The number of aromatic nitrogens is 2. The van der Waals surface area contributed by atoms with Gasteiger partial charge in [0.2, 0.25) is 5.95 Å². The highest BCUT2D eigenvalue weighted by atomic mass is 19.4. The quantitative estimate of drug-likeness (QED) is 0.907. The molecule has 120 valence electrons. The number of hydrogen-bond donors (Lipinski definition) is 2. The molecule has 1 aromatic heterocycles. The molecule has 0 spiro atoms. The van der Waals surface area contributed by atoms with Crippen molar-refractivity contribution in [1.82, 2.24) is 9.97 Å². The van der Waals surface area contributed by atoms with Gasteiger partial charge >= 0.3 is 12.0 Å². The van der Waals surface area contributed by atoms with Crippen molar-refractivity contribution in [2.24, 2.45) is 5.16 Å². The monoisotopic (exact) mass is 324 g/mol. The first-order chi connectivity index (χ1) is 10.9. The summed E-state index contributed by atoms with van der Waals surface area (Å²) < 4.78 is 38.0. The third-order valence-electron chi connectivity index (χ3n) is 3.20. The zero-order chi connectivity index (χ0) is 16.5. The number of rotatable bonds is 3. The second kappa shape index (κ2) is 5.51. The Labute approximate surface area is 128 Å². The van der Waals surface area contributed by atoms with Crippen molar-refractivity contribution in [1.29, 1.82) is 0 Å². The number of nitrogens with zero attached hydrogens (tertiary/aromatic N) is 3. The van der Waals surface area contributed by atoms with Gasteiger partial charge in [-0.05, 0) is 23.8 Å². The summed E-state index contributed by atoms with van der Waals surface area (Å²) in [4.78, 5) is 12.2. The van der Waals surface area contributed by atoms with E-state index < -0.39 is 18.4 Å². The number of nitrogens with one attached hydrogen (secondary N) is 1. The number of anilines is 2. The highest BCUT2D eigenvalue weighted by Crippen LogP contribution is 2.39. The van der Waals surface area contributed by atoms with Gasteiger partial charge in [-0.2, -0.15) is 13.2 Å². The van der Waals surface area contributed by atoms with Crippen LogP contribution in [0.25, 0.3) is 0 Å². The van der Waals surface area contributed by atoms with E-state index in [-0.39, 0.29) is 5.71 Å². The lowest BCUT2D eigenvalue weighted by Gasteiger charge is -2.22. The van der Waals surface area contributed by atoms with Crippen molar-refractivity contribution in [3.05, 3.63) is 48.3 Å². The van der Waals surface area contributed by atoms with Crippen LogP contribution in [0.15, 0.2) is 47.9 Å². The van der Waals surface area contributed by atoms with Crippen molar-refractivity contribution in [2.45, 2.75) is 18.4 Å². The number of halogens is 3. The average molecular weight is 324 g/mol. The summed E-state index contributed by atoms with van der Waals surface area (Å²) in [6, 6.07) is 8.08. The molecule has 23 heavy (non-hydrogen) atoms. The molecule has 0 aliphatic carbocycles. The Kier molecular flexibility index (Phi) is 3.64. The minimum atomic E-state index is -4.91. The predicted molar refractivity (Wildman–Crippen MR) is 75.0 cm³/mol. The maximum atomic E-state index is 12.7. The fraction of sp³-hybridized carbons (Fsp3) is 0.214. The lowest BCUT2D eigenvalue weighted by atomic mass is 10.0. The van der Waals surface area contributed by atoms with Crippen LogP contribution in [-0.4, -0.2) is 32.7 Å². The molecule has 0 saturated heterocycles. The minimum Gasteiger partial charge on any atom is -0.350 e. The van der Waals surface area contributed by atoms with Gasteiger partial charge in [-0.25, -0.2) is 9.97 Å². The summed E-state index contributed by atoms with van der Waals surface area (Å²) in [6.07, 6.45) is -2.52. The van der Waals surface area contributed by atoms with Gasteiger partial charge in [0.1, 0.15) is 0 Å². The second-order valence-corrected chi connectivity index (χ2v) is 4.86. The van der Waals surface area contributed by atoms with Gasteiger partial charge in [0.25, 0.3) is 0 Å². The highest BCUT2D eigenvalue weighted by Gasteiger charge is 2.60. The summed E-state index contributed by atoms with van der Waals surface area (Å²) in [6.45, 7) is 0. The van der Waals surface area contributed by atoms with E-state index in [9.17, 15) is 18.3 Å². The topological polar surface area (TPSA) is 79.6 Å². The summed E-state index contributed by atoms with van der Waals surface area (Å²) in [5.74, 6) is -2.87. The first-order valence-electron chi connectivity index (χ1n) is 6.56. The molecule has 1 unspecified atom stereocenters. The number of hydrogen-bond acceptors (Lipinski definition) is 6. The molecule has 1 aliphatic rings. The first kappa shape index (κ1) is 15.2. The minimum absolute atomic E-state index is 0.0207. The summed E-state index contributed by atoms with van der Waals surface area (Å²) in [5, 5.41) is 15.7. The van der Waals surface area contributed by atoms with Crippen LogP contribution in [0.4, 0.5) is 24.8 Å². The number of benzene rings is 1. The maximum Gasteiger partial charge on any atom is 0.458 e. The molecule has 6 nitrogen and oxygen atoms in total. The van der Waals surface area contributed by atoms with Crippen molar-refractivity contribution < 1.29 is 23.1 Å². The molecule has 0 amide bonds. The molecular weight excluding hydrogens is 313 g/mol. The van der Waals surface area contributed by atoms with E-state index in [2.05, 4.69) is 25.3 Å². The maximum absolute atomic E-state index is 12.7. The van der Waals surface area contributed by atoms with Crippen LogP contribution in [0.2, 0.25) is 0 Å². The molecular formula is C14H11F3N4O2. The van der Waals surface area contributed by atoms with Gasteiger partial charge in [-0.1, -0.05) is 17.3 Å². The molecule has 1 aliphatic heterocycles. The van der Waals surface area contributed by atoms with Gasteiger partial charge in [-0.3, -0.25) is 0 Å². The largest absolute Gasteiger partial charge is 0.458 e. The van der Waals surface area contributed by atoms with E-state index in [4.69, 9.17) is 0 Å². The third kappa shape index (κ3) is 3.09. The molecule has 0 bridgehead atoms. The van der Waals surface area contributed by atoms with Gasteiger partial charge in [0.05, 0.1) is 12.1 Å². The number of alkyl halides is 3. The average Bonchev–Trinajstić information content (AvgIpc) is 2.93. The van der Waals surface area contributed by atoms with E-state index in [0.717, 1.165) is 0 Å². The predicted octanol–water partition coefficient (Wildman–Crippen LogP) is 2.60. The molecule has 0 saturated carbocycles. The fourth-order valence-corrected chi connectivity index (χ4v) is 1.97. The van der Waals surface area contributed by atoms with Crippen molar-refractivity contribution in [3.8, 4) is 0 Å². The van der Waals surface area contributed by atoms with E-state index in [1.807, 2.05) is 0 Å². The Balaban J connectivity index is 1.71. The summed E-state index contributed by atoms with van der Waals surface area (Å²) >= 11 is 0. The third-order valence-corrected chi connectivity index (χ3v) is 3.20. The first-order valence-corrected chi connectivity index (χ1v) is 6.56. The summed E-state index contributed by atoms with van der Waals surface area (Å²) in [7, 11) is 0. The SMILES string of the molecule is OC1(C(F)(F)F)CC(c2ccc(Nc3ncccn3)cc2)=NO1. The van der Waals surface area contributed by atoms with Crippen LogP contribution in [-0.2, 0) is 4.84 Å². The smallest absolute Gasteiger partial charge is 0.350 e. The van der Waals surface area contributed by atoms with E-state index in [1.165, 1.54) is 0 Å². The van der Waals surface area contributed by atoms with Gasteiger partial charge in [-0.15, -0.1) is 0 Å². The molecule has 0 fully saturated rings. The lowest BCUT2D eigenvalue weighted by Crippen LogP contribution is -2.45. The second-order valence-electron chi connectivity index (χ2n) is 4.86. The van der Waals surface area contributed by atoms with Crippen LogP contribution in [0.5, 0.6) is 0 Å². The number of aliphatic hydroxyl groups is 1. The van der Waals surface area contributed by atoms with E-state index in [1.54, 1.807) is 42.7 Å². The normalized spacial score (nSPS) is 20.8. The van der Waals surface area contributed by atoms with E-state index >= 15 is 0 Å². The molecule has 3 rings (SSSR count). The van der Waals surface area contributed by atoms with Crippen molar-refractivity contribution in [3.63, 3.8) is 0 Å². The van der Waals surface area contributed by atoms with Gasteiger partial charge in [0.15, 0.2) is 0 Å².